The van der Waals surface area contributed by atoms with Crippen molar-refractivity contribution in [1.29, 1.82) is 0 Å². The molecule has 2 N–H and O–H groups in total. The summed E-state index contributed by atoms with van der Waals surface area (Å²) < 4.78 is 11.5. The summed E-state index contributed by atoms with van der Waals surface area (Å²) in [6, 6.07) is 13.5. The Morgan fingerprint density at radius 3 is 2.80 bits per heavy atom. The first-order valence-electron chi connectivity index (χ1n) is 8.58. The van der Waals surface area contributed by atoms with Crippen molar-refractivity contribution < 1.29 is 14.3 Å². The zero-order valence-corrected chi connectivity index (χ0v) is 14.7. The summed E-state index contributed by atoms with van der Waals surface area (Å²) in [4.78, 5) is 14.3. The van der Waals surface area contributed by atoms with Crippen molar-refractivity contribution in [3.05, 3.63) is 59.2 Å². The third-order valence-corrected chi connectivity index (χ3v) is 4.45. The standard InChI is InChI=1S/C20H24N2O3/c1-3-17-12-22(20(23)24-13-15-7-5-4-6-8-15)11-16-9-14(2)18(21)10-19(16)25-17/h4-10,17H,3,11-13,21H2,1-2H3/t17-/m1/s1. The van der Waals surface area contributed by atoms with Crippen LogP contribution in [0.5, 0.6) is 5.75 Å². The van der Waals surface area contributed by atoms with Gasteiger partial charge in [0.05, 0.1) is 13.1 Å². The van der Waals surface area contributed by atoms with Gasteiger partial charge >= 0.3 is 6.09 Å². The predicted molar refractivity (Wildman–Crippen MR) is 97.3 cm³/mol. The van der Waals surface area contributed by atoms with Crippen LogP contribution in [0, 0.1) is 6.92 Å². The number of ether oxygens (including phenoxy) is 2. The summed E-state index contributed by atoms with van der Waals surface area (Å²) in [5.41, 5.74) is 9.62. The number of nitrogen functional groups attached to an aromatic ring is 1. The molecule has 1 heterocycles. The van der Waals surface area contributed by atoms with Crippen LogP contribution in [0.2, 0.25) is 0 Å². The van der Waals surface area contributed by atoms with Gasteiger partial charge in [-0.05, 0) is 30.5 Å². The van der Waals surface area contributed by atoms with Gasteiger partial charge in [-0.15, -0.1) is 0 Å². The Bertz CT molecular complexity index is 746. The van der Waals surface area contributed by atoms with E-state index in [0.717, 1.165) is 28.9 Å². The lowest BCUT2D eigenvalue weighted by atomic mass is 10.1. The average molecular weight is 340 g/mol. The van der Waals surface area contributed by atoms with Crippen LogP contribution in [0.3, 0.4) is 0 Å². The van der Waals surface area contributed by atoms with E-state index in [1.807, 2.05) is 56.3 Å². The Balaban J connectivity index is 1.75. The monoisotopic (exact) mass is 340 g/mol. The molecule has 25 heavy (non-hydrogen) atoms. The summed E-state index contributed by atoms with van der Waals surface area (Å²) in [5, 5.41) is 0. The van der Waals surface area contributed by atoms with Crippen LogP contribution in [0.15, 0.2) is 42.5 Å². The summed E-state index contributed by atoms with van der Waals surface area (Å²) in [7, 11) is 0. The van der Waals surface area contributed by atoms with E-state index in [2.05, 4.69) is 0 Å². The summed E-state index contributed by atoms with van der Waals surface area (Å²) >= 11 is 0. The third-order valence-electron chi connectivity index (χ3n) is 4.45. The van der Waals surface area contributed by atoms with Gasteiger partial charge in [0.25, 0.3) is 0 Å². The van der Waals surface area contributed by atoms with Gasteiger partial charge in [0.1, 0.15) is 18.5 Å². The second kappa shape index (κ2) is 7.47. The Morgan fingerprint density at radius 1 is 1.32 bits per heavy atom. The van der Waals surface area contributed by atoms with Crippen molar-refractivity contribution in [3.63, 3.8) is 0 Å². The number of rotatable bonds is 3. The van der Waals surface area contributed by atoms with Crippen LogP contribution >= 0.6 is 0 Å². The molecule has 0 aromatic heterocycles. The Kier molecular flexibility index (Phi) is 5.12. The number of nitrogens with zero attached hydrogens (tertiary/aromatic N) is 1. The number of hydrogen-bond donors (Lipinski definition) is 1. The molecule has 3 rings (SSSR count). The topological polar surface area (TPSA) is 64.8 Å². The maximum absolute atomic E-state index is 12.6. The van der Waals surface area contributed by atoms with E-state index in [9.17, 15) is 4.79 Å². The lowest BCUT2D eigenvalue weighted by Crippen LogP contribution is -2.37. The molecule has 0 spiro atoms. The van der Waals surface area contributed by atoms with Crippen molar-refractivity contribution in [1.82, 2.24) is 4.90 Å². The predicted octanol–water partition coefficient (Wildman–Crippen LogP) is 3.89. The Morgan fingerprint density at radius 2 is 2.08 bits per heavy atom. The highest BCUT2D eigenvalue weighted by Gasteiger charge is 2.26. The fraction of sp³-hybridized carbons (Fsp3) is 0.350. The van der Waals surface area contributed by atoms with Crippen LogP contribution in [-0.4, -0.2) is 23.6 Å². The number of carbonyl (C=O) groups excluding carboxylic acids is 1. The zero-order chi connectivity index (χ0) is 17.8. The van der Waals surface area contributed by atoms with Crippen molar-refractivity contribution in [2.45, 2.75) is 39.5 Å². The van der Waals surface area contributed by atoms with Gasteiger partial charge in [-0.1, -0.05) is 37.3 Å². The molecule has 0 radical (unpaired) electrons. The normalized spacial score (nSPS) is 16.6. The Hall–Kier alpha value is -2.69. The molecule has 1 aliphatic heterocycles. The number of aryl methyl sites for hydroxylation is 1. The molecule has 2 aromatic rings. The molecule has 1 aliphatic rings. The maximum atomic E-state index is 12.6. The van der Waals surface area contributed by atoms with Gasteiger partial charge in [-0.2, -0.15) is 0 Å². The molecule has 132 valence electrons. The molecule has 0 fully saturated rings. The van der Waals surface area contributed by atoms with Crippen LogP contribution in [-0.2, 0) is 17.9 Å². The number of fused-ring (bicyclic) bond motifs is 1. The number of nitrogens with two attached hydrogens (primary N) is 1. The fourth-order valence-electron chi connectivity index (χ4n) is 2.89. The summed E-state index contributed by atoms with van der Waals surface area (Å²) in [6.45, 7) is 5.22. The van der Waals surface area contributed by atoms with Crippen LogP contribution in [0.25, 0.3) is 0 Å². The molecule has 1 atom stereocenters. The SMILES string of the molecule is CC[C@@H]1CN(C(=O)OCc2ccccc2)Cc2cc(C)c(N)cc2O1. The van der Waals surface area contributed by atoms with E-state index in [-0.39, 0.29) is 18.8 Å². The average Bonchev–Trinajstić information content (AvgIpc) is 2.80. The molecular weight excluding hydrogens is 316 g/mol. The molecule has 0 bridgehead atoms. The molecule has 2 aromatic carbocycles. The minimum Gasteiger partial charge on any atom is -0.488 e. The lowest BCUT2D eigenvalue weighted by Gasteiger charge is -2.22. The molecule has 0 saturated heterocycles. The van der Waals surface area contributed by atoms with Gasteiger partial charge in [-0.3, -0.25) is 0 Å². The van der Waals surface area contributed by atoms with Crippen LogP contribution < -0.4 is 10.5 Å². The van der Waals surface area contributed by atoms with Crippen LogP contribution in [0.4, 0.5) is 10.5 Å². The minimum atomic E-state index is -0.326. The highest BCUT2D eigenvalue weighted by Crippen LogP contribution is 2.30. The first-order chi connectivity index (χ1) is 12.1. The minimum absolute atomic E-state index is 0.0763. The van der Waals surface area contributed by atoms with Crippen molar-refractivity contribution in [3.8, 4) is 5.75 Å². The Labute approximate surface area is 148 Å². The van der Waals surface area contributed by atoms with E-state index >= 15 is 0 Å². The lowest BCUT2D eigenvalue weighted by molar-refractivity contribution is 0.0786. The smallest absolute Gasteiger partial charge is 0.410 e. The molecule has 0 saturated carbocycles. The van der Waals surface area contributed by atoms with E-state index in [1.54, 1.807) is 4.90 Å². The molecular formula is C20H24N2O3. The third kappa shape index (κ3) is 4.05. The van der Waals surface area contributed by atoms with Crippen molar-refractivity contribution in [2.75, 3.05) is 12.3 Å². The number of anilines is 1. The molecule has 5 nitrogen and oxygen atoms in total. The van der Waals surface area contributed by atoms with Crippen molar-refractivity contribution in [2.24, 2.45) is 0 Å². The van der Waals surface area contributed by atoms with Gasteiger partial charge in [-0.25, -0.2) is 4.79 Å². The largest absolute Gasteiger partial charge is 0.488 e. The van der Waals surface area contributed by atoms with E-state index in [1.165, 1.54) is 0 Å². The second-order valence-electron chi connectivity index (χ2n) is 6.39. The highest BCUT2D eigenvalue weighted by molar-refractivity contribution is 5.68. The number of hydrogen-bond acceptors (Lipinski definition) is 4. The van der Waals surface area contributed by atoms with E-state index in [4.69, 9.17) is 15.2 Å². The van der Waals surface area contributed by atoms with E-state index in [0.29, 0.717) is 18.8 Å². The molecule has 0 aliphatic carbocycles. The molecule has 0 unspecified atom stereocenters. The van der Waals surface area contributed by atoms with Gasteiger partial charge in [0.2, 0.25) is 0 Å². The van der Waals surface area contributed by atoms with Gasteiger partial charge < -0.3 is 20.1 Å². The molecule has 1 amide bonds. The van der Waals surface area contributed by atoms with Crippen molar-refractivity contribution >= 4 is 11.8 Å². The van der Waals surface area contributed by atoms with E-state index < -0.39 is 0 Å². The van der Waals surface area contributed by atoms with Crippen LogP contribution in [0.1, 0.15) is 30.0 Å². The summed E-state index contributed by atoms with van der Waals surface area (Å²) in [6.07, 6.45) is 0.399. The van der Waals surface area contributed by atoms with Gasteiger partial charge in [0.15, 0.2) is 0 Å². The second-order valence-corrected chi connectivity index (χ2v) is 6.39. The van der Waals surface area contributed by atoms with Gasteiger partial charge in [0, 0.05) is 17.3 Å². The first-order valence-corrected chi connectivity index (χ1v) is 8.58. The molecule has 5 heteroatoms. The first kappa shape index (κ1) is 17.1. The number of carbonyl (C=O) groups is 1. The number of amides is 1. The summed E-state index contributed by atoms with van der Waals surface area (Å²) in [5.74, 6) is 0.758. The quantitative estimate of drug-likeness (QED) is 0.861. The fourth-order valence-corrected chi connectivity index (χ4v) is 2.89. The maximum Gasteiger partial charge on any atom is 0.410 e. The zero-order valence-electron chi connectivity index (χ0n) is 14.7. The number of benzene rings is 2. The highest BCUT2D eigenvalue weighted by atomic mass is 16.6.